The van der Waals surface area contributed by atoms with Gasteiger partial charge in [-0.2, -0.15) is 0 Å². The molecule has 0 bridgehead atoms. The number of carbonyl (C=O) groups excluding carboxylic acids is 1. The molecule has 3 rings (SSSR count). The van der Waals surface area contributed by atoms with Crippen molar-refractivity contribution in [2.45, 2.75) is 45.3 Å². The van der Waals surface area contributed by atoms with Gasteiger partial charge in [0, 0.05) is 0 Å². The highest BCUT2D eigenvalue weighted by atomic mass is 16.9. The molecule has 23 heavy (non-hydrogen) atoms. The van der Waals surface area contributed by atoms with E-state index in [4.69, 9.17) is 4.74 Å². The predicted octanol–water partition coefficient (Wildman–Crippen LogP) is 3.26. The number of rotatable bonds is 6. The van der Waals surface area contributed by atoms with E-state index in [1.807, 2.05) is 0 Å². The van der Waals surface area contributed by atoms with Crippen molar-refractivity contribution in [1.29, 1.82) is 0 Å². The Kier molecular flexibility index (Phi) is 4.79. The summed E-state index contributed by atoms with van der Waals surface area (Å²) in [5.41, 5.74) is 1.58. The summed E-state index contributed by atoms with van der Waals surface area (Å²) in [4.78, 5) is 26.6. The summed E-state index contributed by atoms with van der Waals surface area (Å²) in [7, 11) is 0. The highest BCUT2D eigenvalue weighted by molar-refractivity contribution is 5.72. The fourth-order valence-electron chi connectivity index (χ4n) is 3.89. The molecule has 0 N–H and O–H groups in total. The number of nitrogens with zero attached hydrogens (tertiary/aromatic N) is 1. The summed E-state index contributed by atoms with van der Waals surface area (Å²) in [6.45, 7) is 0.180. The van der Waals surface area contributed by atoms with Crippen molar-refractivity contribution in [3.05, 3.63) is 45.5 Å². The van der Waals surface area contributed by atoms with Gasteiger partial charge in [-0.05, 0) is 35.8 Å². The maximum atomic E-state index is 12.2. The van der Waals surface area contributed by atoms with Crippen LogP contribution in [0.4, 0.5) is 0 Å². The molecule has 124 valence electrons. The van der Waals surface area contributed by atoms with E-state index in [1.165, 1.54) is 19.3 Å². The fraction of sp³-hybridized carbons (Fsp3) is 0.588. The topological polar surface area (TPSA) is 78.7 Å². The van der Waals surface area contributed by atoms with Crippen LogP contribution in [0.15, 0.2) is 24.3 Å². The zero-order valence-electron chi connectivity index (χ0n) is 13.0. The lowest BCUT2D eigenvalue weighted by atomic mass is 10.0. The molecule has 0 spiro atoms. The van der Waals surface area contributed by atoms with Gasteiger partial charge in [-0.25, -0.2) is 0 Å². The number of benzene rings is 1. The first-order chi connectivity index (χ1) is 11.1. The van der Waals surface area contributed by atoms with Gasteiger partial charge < -0.3 is 9.57 Å². The van der Waals surface area contributed by atoms with Gasteiger partial charge in [-0.3, -0.25) is 4.79 Å². The van der Waals surface area contributed by atoms with Crippen LogP contribution < -0.4 is 0 Å². The van der Waals surface area contributed by atoms with Crippen LogP contribution in [0.25, 0.3) is 0 Å². The van der Waals surface area contributed by atoms with Crippen molar-refractivity contribution < 1.29 is 19.5 Å². The Balaban J connectivity index is 1.44. The molecule has 1 unspecified atom stereocenters. The van der Waals surface area contributed by atoms with Crippen molar-refractivity contribution in [3.63, 3.8) is 0 Å². The summed E-state index contributed by atoms with van der Waals surface area (Å²) in [6.07, 6.45) is 5.81. The molecule has 0 saturated heterocycles. The van der Waals surface area contributed by atoms with Crippen molar-refractivity contribution in [3.8, 4) is 0 Å². The van der Waals surface area contributed by atoms with E-state index >= 15 is 0 Å². The number of ether oxygens (including phenoxy) is 1. The molecule has 2 aliphatic rings. The van der Waals surface area contributed by atoms with Crippen molar-refractivity contribution in [1.82, 2.24) is 0 Å². The minimum atomic E-state index is -0.813. The van der Waals surface area contributed by atoms with Crippen molar-refractivity contribution in [2.75, 3.05) is 0 Å². The molecule has 0 heterocycles. The van der Waals surface area contributed by atoms with Crippen LogP contribution in [-0.4, -0.2) is 11.1 Å². The molecular weight excluding hydrogens is 298 g/mol. The molecule has 6 nitrogen and oxygen atoms in total. The summed E-state index contributed by atoms with van der Waals surface area (Å²) in [5.74, 6) is 1.44. The number of esters is 1. The van der Waals surface area contributed by atoms with Crippen molar-refractivity contribution >= 4 is 5.97 Å². The van der Waals surface area contributed by atoms with E-state index in [0.29, 0.717) is 5.56 Å². The van der Waals surface area contributed by atoms with E-state index in [2.05, 4.69) is 4.84 Å². The lowest BCUT2D eigenvalue weighted by molar-refractivity contribution is -0.763. The third-order valence-electron chi connectivity index (χ3n) is 5.07. The number of hydrogen-bond acceptors (Lipinski definition) is 5. The average Bonchev–Trinajstić information content (AvgIpc) is 3.13. The summed E-state index contributed by atoms with van der Waals surface area (Å²) < 4.78 is 5.44. The first-order valence-electron chi connectivity index (χ1n) is 8.13. The number of hydrogen-bond donors (Lipinski definition) is 0. The smallest absolute Gasteiger partial charge is 0.309 e. The molecule has 6 heteroatoms. The van der Waals surface area contributed by atoms with Crippen LogP contribution >= 0.6 is 0 Å². The van der Waals surface area contributed by atoms with Gasteiger partial charge in [-0.15, -0.1) is 10.1 Å². The van der Waals surface area contributed by atoms with E-state index < -0.39 is 5.09 Å². The van der Waals surface area contributed by atoms with E-state index in [9.17, 15) is 14.9 Å². The van der Waals surface area contributed by atoms with Gasteiger partial charge in [0.1, 0.15) is 13.2 Å². The second-order valence-corrected chi connectivity index (χ2v) is 6.54. The Labute approximate surface area is 134 Å². The third-order valence-corrected chi connectivity index (χ3v) is 5.07. The van der Waals surface area contributed by atoms with Gasteiger partial charge in [0.25, 0.3) is 5.09 Å². The molecule has 3 atom stereocenters. The summed E-state index contributed by atoms with van der Waals surface area (Å²) in [6, 6.07) is 7.09. The maximum absolute atomic E-state index is 12.2. The van der Waals surface area contributed by atoms with E-state index in [-0.39, 0.29) is 25.1 Å². The Bertz CT molecular complexity index is 559. The molecule has 0 aliphatic heterocycles. The van der Waals surface area contributed by atoms with Crippen molar-refractivity contribution in [2.24, 2.45) is 17.8 Å². The number of carbonyl (C=O) groups is 1. The zero-order chi connectivity index (χ0) is 16.2. The minimum Gasteiger partial charge on any atom is -0.461 e. The van der Waals surface area contributed by atoms with Crippen LogP contribution in [-0.2, 0) is 27.6 Å². The molecule has 2 fully saturated rings. The van der Waals surface area contributed by atoms with E-state index in [0.717, 1.165) is 30.2 Å². The highest BCUT2D eigenvalue weighted by Gasteiger charge is 2.40. The molecular formula is C17H21NO5. The standard InChI is InChI=1S/C17H21NO5/c19-17(16-8-14-2-1-3-15(14)9-16)22-10-12-4-6-13(7-5-12)11-23-18(20)21/h4-7,14-16H,1-3,8-11H2/t14-,15+,16?. The lowest BCUT2D eigenvalue weighted by Gasteiger charge is -2.11. The van der Waals surface area contributed by atoms with Crippen LogP contribution in [0, 0.1) is 27.9 Å². The van der Waals surface area contributed by atoms with Gasteiger partial charge >= 0.3 is 5.97 Å². The second kappa shape index (κ2) is 6.98. The predicted molar refractivity (Wildman–Crippen MR) is 81.6 cm³/mol. The molecule has 0 radical (unpaired) electrons. The largest absolute Gasteiger partial charge is 0.461 e. The SMILES string of the molecule is O=C(OCc1ccc(CO[N+](=O)[O-])cc1)C1C[C@H]2CCC[C@H]2C1. The third kappa shape index (κ3) is 4.00. The van der Waals surface area contributed by atoms with Gasteiger partial charge in [0.15, 0.2) is 0 Å². The minimum absolute atomic E-state index is 0.0677. The van der Waals surface area contributed by atoms with E-state index in [1.54, 1.807) is 24.3 Å². The Morgan fingerprint density at radius 1 is 1.09 bits per heavy atom. The summed E-state index contributed by atoms with van der Waals surface area (Å²) >= 11 is 0. The van der Waals surface area contributed by atoms with Crippen LogP contribution in [0.2, 0.25) is 0 Å². The first kappa shape index (κ1) is 15.8. The molecule has 2 saturated carbocycles. The molecule has 0 amide bonds. The first-order valence-corrected chi connectivity index (χ1v) is 8.13. The quantitative estimate of drug-likeness (QED) is 0.457. The average molecular weight is 319 g/mol. The number of fused-ring (bicyclic) bond motifs is 1. The zero-order valence-corrected chi connectivity index (χ0v) is 13.0. The van der Waals surface area contributed by atoms with Gasteiger partial charge in [0.2, 0.25) is 0 Å². The maximum Gasteiger partial charge on any atom is 0.309 e. The lowest BCUT2D eigenvalue weighted by Crippen LogP contribution is -2.15. The monoisotopic (exact) mass is 319 g/mol. The van der Waals surface area contributed by atoms with Crippen LogP contribution in [0.1, 0.15) is 43.2 Å². The molecule has 1 aromatic rings. The second-order valence-electron chi connectivity index (χ2n) is 6.54. The normalized spacial score (nSPS) is 25.8. The summed E-state index contributed by atoms with van der Waals surface area (Å²) in [5, 5.41) is 9.33. The Hall–Kier alpha value is -2.11. The highest BCUT2D eigenvalue weighted by Crippen LogP contribution is 2.47. The molecule has 2 aliphatic carbocycles. The fourth-order valence-corrected chi connectivity index (χ4v) is 3.89. The Morgan fingerprint density at radius 3 is 2.22 bits per heavy atom. The van der Waals surface area contributed by atoms with Crippen LogP contribution in [0.5, 0.6) is 0 Å². The van der Waals surface area contributed by atoms with Gasteiger partial charge in [0.05, 0.1) is 5.92 Å². The van der Waals surface area contributed by atoms with Crippen LogP contribution in [0.3, 0.4) is 0 Å². The molecule has 0 aromatic heterocycles. The van der Waals surface area contributed by atoms with Gasteiger partial charge in [-0.1, -0.05) is 43.5 Å². The molecule has 1 aromatic carbocycles. The Morgan fingerprint density at radius 2 is 1.65 bits per heavy atom.